The highest BCUT2D eigenvalue weighted by atomic mass is 16.5. The molecule has 18 heavy (non-hydrogen) atoms. The molecule has 1 N–H and O–H groups in total. The van der Waals surface area contributed by atoms with Crippen LogP contribution >= 0.6 is 0 Å². The van der Waals surface area contributed by atoms with E-state index < -0.39 is 6.10 Å². The van der Waals surface area contributed by atoms with Gasteiger partial charge in [-0.3, -0.25) is 4.79 Å². The molecule has 0 bridgehead atoms. The Morgan fingerprint density at radius 1 is 1.50 bits per heavy atom. The lowest BCUT2D eigenvalue weighted by Crippen LogP contribution is -2.10. The van der Waals surface area contributed by atoms with E-state index in [0.29, 0.717) is 19.3 Å². The van der Waals surface area contributed by atoms with Crippen LogP contribution in [0.1, 0.15) is 30.9 Å². The maximum Gasteiger partial charge on any atom is 0.222 e. The molecule has 1 heterocycles. The molecule has 0 aliphatic carbocycles. The molecular weight excluding hydrogens is 230 g/mol. The summed E-state index contributed by atoms with van der Waals surface area (Å²) < 4.78 is 5.12. The van der Waals surface area contributed by atoms with E-state index >= 15 is 0 Å². The van der Waals surface area contributed by atoms with E-state index in [1.54, 1.807) is 7.11 Å². The minimum atomic E-state index is -0.526. The van der Waals surface area contributed by atoms with Crippen LogP contribution in [-0.4, -0.2) is 36.1 Å². The van der Waals surface area contributed by atoms with Gasteiger partial charge in [0.1, 0.15) is 5.75 Å². The van der Waals surface area contributed by atoms with Gasteiger partial charge in [-0.05, 0) is 30.5 Å². The molecule has 4 heteroatoms. The Kier molecular flexibility index (Phi) is 4.20. The van der Waals surface area contributed by atoms with Gasteiger partial charge < -0.3 is 14.7 Å². The Labute approximate surface area is 107 Å². The van der Waals surface area contributed by atoms with Crippen molar-refractivity contribution in [3.05, 3.63) is 29.8 Å². The van der Waals surface area contributed by atoms with E-state index in [-0.39, 0.29) is 5.91 Å². The highest BCUT2D eigenvalue weighted by molar-refractivity contribution is 5.78. The van der Waals surface area contributed by atoms with E-state index in [9.17, 15) is 9.90 Å². The number of hydrogen-bond donors (Lipinski definition) is 1. The number of methoxy groups -OCH3 is 1. The number of hydrogen-bond acceptors (Lipinski definition) is 3. The highest BCUT2D eigenvalue weighted by Crippen LogP contribution is 2.23. The summed E-state index contributed by atoms with van der Waals surface area (Å²) in [5, 5.41) is 10.0. The molecule has 1 aromatic rings. The van der Waals surface area contributed by atoms with Crippen molar-refractivity contribution in [2.24, 2.45) is 0 Å². The fourth-order valence-electron chi connectivity index (χ4n) is 1.92. The van der Waals surface area contributed by atoms with Crippen LogP contribution in [0.4, 0.5) is 0 Å². The van der Waals surface area contributed by atoms with Gasteiger partial charge in [0.25, 0.3) is 0 Å². The lowest BCUT2D eigenvalue weighted by molar-refractivity contribution is -0.125. The third-order valence-electron chi connectivity index (χ3n) is 3.15. The summed E-state index contributed by atoms with van der Waals surface area (Å²) in [5.74, 6) is 0.944. The fraction of sp³-hybridized carbons (Fsp3) is 0.500. The maximum absolute atomic E-state index is 11.4. The van der Waals surface area contributed by atoms with Crippen LogP contribution in [0.15, 0.2) is 24.3 Å². The third kappa shape index (κ3) is 3.47. The molecule has 0 saturated carbocycles. The molecule has 98 valence electrons. The first-order chi connectivity index (χ1) is 8.70. The Morgan fingerprint density at radius 3 is 2.94 bits per heavy atom. The van der Waals surface area contributed by atoms with Crippen molar-refractivity contribution in [1.82, 2.24) is 4.90 Å². The van der Waals surface area contributed by atoms with Crippen molar-refractivity contribution in [2.45, 2.75) is 25.4 Å². The second-order valence-electron chi connectivity index (χ2n) is 4.57. The molecule has 2 rings (SSSR count). The number of carbonyl (C=O) groups excluding carboxylic acids is 1. The largest absolute Gasteiger partial charge is 0.497 e. The molecule has 1 aliphatic rings. The number of ether oxygens (including phenoxy) is 1. The summed E-state index contributed by atoms with van der Waals surface area (Å²) in [6.07, 6.45) is 1.32. The van der Waals surface area contributed by atoms with Crippen LogP contribution in [0, 0.1) is 0 Å². The van der Waals surface area contributed by atoms with Crippen LogP contribution in [0.25, 0.3) is 0 Å². The second kappa shape index (κ2) is 5.87. The molecule has 1 atom stereocenters. The summed E-state index contributed by atoms with van der Waals surface area (Å²) in [4.78, 5) is 13.3. The lowest BCUT2D eigenvalue weighted by Gasteiger charge is -2.11. The molecular formula is C14H19NO3. The number of carbonyl (C=O) groups is 1. The molecule has 1 unspecified atom stereocenters. The second-order valence-corrected chi connectivity index (χ2v) is 4.57. The van der Waals surface area contributed by atoms with E-state index in [1.165, 1.54) is 0 Å². The highest BCUT2D eigenvalue weighted by Gasteiger charge is 2.23. The monoisotopic (exact) mass is 249 g/mol. The number of aliphatic hydroxyl groups is 1. The van der Waals surface area contributed by atoms with Crippen LogP contribution in [-0.2, 0) is 4.79 Å². The number of nitrogens with zero attached hydrogens (tertiary/aromatic N) is 1. The molecule has 0 radical (unpaired) electrons. The average molecular weight is 249 g/mol. The standard InChI is InChI=1S/C14H19NO3/c1-18-12-5-2-4-11(10-12)13(16)6-3-7-14(17)15-8-9-15/h2,4-5,10,13,16H,3,6-9H2,1H3. The van der Waals surface area contributed by atoms with Crippen molar-refractivity contribution in [3.63, 3.8) is 0 Å². The van der Waals surface area contributed by atoms with Gasteiger partial charge in [-0.1, -0.05) is 12.1 Å². The van der Waals surface area contributed by atoms with E-state index in [0.717, 1.165) is 24.4 Å². The van der Waals surface area contributed by atoms with Crippen molar-refractivity contribution < 1.29 is 14.6 Å². The summed E-state index contributed by atoms with van der Waals surface area (Å²) in [6, 6.07) is 7.41. The van der Waals surface area contributed by atoms with Gasteiger partial charge in [0.05, 0.1) is 13.2 Å². The van der Waals surface area contributed by atoms with E-state index in [2.05, 4.69) is 0 Å². The minimum Gasteiger partial charge on any atom is -0.497 e. The molecule has 1 aromatic carbocycles. The van der Waals surface area contributed by atoms with Gasteiger partial charge in [-0.2, -0.15) is 0 Å². The van der Waals surface area contributed by atoms with Gasteiger partial charge in [-0.25, -0.2) is 0 Å². The summed E-state index contributed by atoms with van der Waals surface area (Å²) in [6.45, 7) is 1.80. The van der Waals surface area contributed by atoms with Crippen molar-refractivity contribution in [2.75, 3.05) is 20.2 Å². The van der Waals surface area contributed by atoms with Gasteiger partial charge in [-0.15, -0.1) is 0 Å². The number of benzene rings is 1. The lowest BCUT2D eigenvalue weighted by atomic mass is 10.0. The van der Waals surface area contributed by atoms with Gasteiger partial charge in [0, 0.05) is 19.5 Å². The smallest absolute Gasteiger partial charge is 0.222 e. The maximum atomic E-state index is 11.4. The molecule has 0 spiro atoms. The van der Waals surface area contributed by atoms with Crippen molar-refractivity contribution >= 4 is 5.91 Å². The van der Waals surface area contributed by atoms with Gasteiger partial charge >= 0.3 is 0 Å². The topological polar surface area (TPSA) is 49.5 Å². The Hall–Kier alpha value is -1.55. The zero-order chi connectivity index (χ0) is 13.0. The van der Waals surface area contributed by atoms with Crippen molar-refractivity contribution in [3.8, 4) is 5.75 Å². The van der Waals surface area contributed by atoms with Crippen LogP contribution in [0.3, 0.4) is 0 Å². The summed E-state index contributed by atoms with van der Waals surface area (Å²) in [7, 11) is 1.61. The zero-order valence-electron chi connectivity index (χ0n) is 10.6. The van der Waals surface area contributed by atoms with E-state index in [1.807, 2.05) is 29.2 Å². The fourth-order valence-corrected chi connectivity index (χ4v) is 1.92. The molecule has 1 fully saturated rings. The Morgan fingerprint density at radius 2 is 2.28 bits per heavy atom. The Balaban J connectivity index is 1.79. The third-order valence-corrected chi connectivity index (χ3v) is 3.15. The predicted molar refractivity (Wildman–Crippen MR) is 68.4 cm³/mol. The molecule has 1 amide bonds. The molecule has 0 aromatic heterocycles. The number of rotatable bonds is 6. The number of amides is 1. The predicted octanol–water partition coefficient (Wildman–Crippen LogP) is 1.74. The summed E-state index contributed by atoms with van der Waals surface area (Å²) in [5.41, 5.74) is 0.841. The van der Waals surface area contributed by atoms with Gasteiger partial charge in [0.15, 0.2) is 0 Å². The quantitative estimate of drug-likeness (QED) is 0.781. The first-order valence-electron chi connectivity index (χ1n) is 6.30. The van der Waals surface area contributed by atoms with Crippen LogP contribution in [0.2, 0.25) is 0 Å². The number of aliphatic hydroxyl groups excluding tert-OH is 1. The molecule has 4 nitrogen and oxygen atoms in total. The first kappa shape index (κ1) is 12.9. The van der Waals surface area contributed by atoms with E-state index in [4.69, 9.17) is 4.74 Å². The average Bonchev–Trinajstić information content (AvgIpc) is 3.23. The molecule has 1 saturated heterocycles. The van der Waals surface area contributed by atoms with Crippen LogP contribution < -0.4 is 4.74 Å². The minimum absolute atomic E-state index is 0.202. The van der Waals surface area contributed by atoms with Gasteiger partial charge in [0.2, 0.25) is 5.91 Å². The first-order valence-corrected chi connectivity index (χ1v) is 6.30. The van der Waals surface area contributed by atoms with Crippen LogP contribution in [0.5, 0.6) is 5.75 Å². The molecule has 1 aliphatic heterocycles. The zero-order valence-corrected chi connectivity index (χ0v) is 10.6. The SMILES string of the molecule is COc1cccc(C(O)CCCC(=O)N2CC2)c1. The Bertz CT molecular complexity index is 415. The normalized spacial score (nSPS) is 15.3. The summed E-state index contributed by atoms with van der Waals surface area (Å²) >= 11 is 0. The van der Waals surface area contributed by atoms with Crippen molar-refractivity contribution in [1.29, 1.82) is 0 Å².